The lowest BCUT2D eigenvalue weighted by atomic mass is 9.48. The number of aliphatic hydroxyl groups is 1. The molecule has 3 aliphatic carbocycles. The topological polar surface area (TPSA) is 20.2 Å². The van der Waals surface area contributed by atoms with E-state index in [0.29, 0.717) is 19.2 Å². The van der Waals surface area contributed by atoms with E-state index in [0.717, 1.165) is 18.8 Å². The second-order valence-corrected chi connectivity index (χ2v) is 13.1. The molecular weight excluding hydrogens is 498 g/mol. The molecule has 0 aromatic rings. The fourth-order valence-electron chi connectivity index (χ4n) is 5.64. The van der Waals surface area contributed by atoms with Crippen LogP contribution in [0.4, 0.5) is 0 Å². The highest BCUT2D eigenvalue weighted by atomic mass is 127. The maximum Gasteiger partial charge on any atom is 0.0692 e. The predicted molar refractivity (Wildman–Crippen MR) is 111 cm³/mol. The molecule has 6 unspecified atom stereocenters. The quantitative estimate of drug-likeness (QED) is 0.270. The van der Waals surface area contributed by atoms with E-state index in [1.54, 1.807) is 5.57 Å². The number of halogens is 2. The standard InChI is InChI=1S/C19H28I2O/c1-4-18(3)8-7-16-13(10-18)5-6-15-12(2)9-14(22)11-19(15,16)17(20)21/h4-5,12,14-17,22H,1,6-11H2,2-3H3. The zero-order chi connectivity index (χ0) is 16.1. The monoisotopic (exact) mass is 526 g/mol. The van der Waals surface area contributed by atoms with Crippen LogP contribution in [0.15, 0.2) is 24.3 Å². The molecule has 6 atom stereocenters. The molecule has 2 saturated carbocycles. The van der Waals surface area contributed by atoms with Gasteiger partial charge in [-0.25, -0.2) is 0 Å². The Balaban J connectivity index is 2.01. The SMILES string of the molecule is C=CC1(C)CCC2C(=CCC3C(C)CC(O)CC23C(I)I)C1. The summed E-state index contributed by atoms with van der Waals surface area (Å²) in [5.74, 6) is 2.06. The van der Waals surface area contributed by atoms with E-state index in [9.17, 15) is 5.11 Å². The number of aliphatic hydroxyl groups excluding tert-OH is 1. The number of fused-ring (bicyclic) bond motifs is 3. The molecule has 0 radical (unpaired) electrons. The first-order valence-corrected chi connectivity index (χ1v) is 11.1. The molecule has 0 heterocycles. The molecule has 0 amide bonds. The Kier molecular flexibility index (Phi) is 5.09. The molecular formula is C19H28I2O. The molecule has 0 spiro atoms. The van der Waals surface area contributed by atoms with Gasteiger partial charge in [0, 0.05) is 5.41 Å². The van der Waals surface area contributed by atoms with Gasteiger partial charge in [-0.05, 0) is 61.7 Å². The Hall–Kier alpha value is 0.900. The summed E-state index contributed by atoms with van der Waals surface area (Å²) in [4.78, 5) is 0. The molecule has 1 N–H and O–H groups in total. The summed E-state index contributed by atoms with van der Waals surface area (Å²) < 4.78 is 0.590. The lowest BCUT2D eigenvalue weighted by Gasteiger charge is -2.59. The van der Waals surface area contributed by atoms with E-state index in [1.165, 1.54) is 25.7 Å². The second kappa shape index (κ2) is 6.32. The van der Waals surface area contributed by atoms with Crippen LogP contribution < -0.4 is 0 Å². The number of rotatable bonds is 2. The predicted octanol–water partition coefficient (Wildman–Crippen LogP) is 5.90. The molecule has 0 saturated heterocycles. The normalized spacial score (nSPS) is 48.4. The first-order chi connectivity index (χ1) is 10.3. The summed E-state index contributed by atoms with van der Waals surface area (Å²) in [6.07, 6.45) is 11.5. The highest BCUT2D eigenvalue weighted by Gasteiger charge is 2.57. The smallest absolute Gasteiger partial charge is 0.0692 e. The van der Waals surface area contributed by atoms with Crippen LogP contribution in [0.25, 0.3) is 0 Å². The minimum absolute atomic E-state index is 0.106. The van der Waals surface area contributed by atoms with Crippen molar-refractivity contribution in [2.24, 2.45) is 28.6 Å². The van der Waals surface area contributed by atoms with E-state index in [-0.39, 0.29) is 11.5 Å². The van der Waals surface area contributed by atoms with Crippen molar-refractivity contribution in [1.29, 1.82) is 0 Å². The third-order valence-corrected chi connectivity index (χ3v) is 9.17. The van der Waals surface area contributed by atoms with Gasteiger partial charge in [0.05, 0.1) is 8.04 Å². The van der Waals surface area contributed by atoms with Gasteiger partial charge in [-0.2, -0.15) is 0 Å². The number of hydrogen-bond acceptors (Lipinski definition) is 1. The molecule has 0 aliphatic heterocycles. The van der Waals surface area contributed by atoms with E-state index in [2.05, 4.69) is 77.8 Å². The Morgan fingerprint density at radius 1 is 1.45 bits per heavy atom. The molecule has 2 fully saturated rings. The van der Waals surface area contributed by atoms with Crippen LogP contribution in [0, 0.1) is 28.6 Å². The number of allylic oxidation sites excluding steroid dienone is 3. The van der Waals surface area contributed by atoms with Crippen molar-refractivity contribution in [3.05, 3.63) is 24.3 Å². The molecule has 3 heteroatoms. The Morgan fingerprint density at radius 3 is 2.82 bits per heavy atom. The van der Waals surface area contributed by atoms with Crippen molar-refractivity contribution >= 4 is 45.2 Å². The summed E-state index contributed by atoms with van der Waals surface area (Å²) in [5.41, 5.74) is 2.25. The van der Waals surface area contributed by atoms with Crippen LogP contribution in [-0.2, 0) is 0 Å². The zero-order valence-electron chi connectivity index (χ0n) is 13.7. The average Bonchev–Trinajstić information content (AvgIpc) is 2.46. The van der Waals surface area contributed by atoms with Crippen molar-refractivity contribution in [2.45, 2.75) is 60.4 Å². The lowest BCUT2D eigenvalue weighted by Crippen LogP contribution is -2.54. The number of hydrogen-bond donors (Lipinski definition) is 1. The summed E-state index contributed by atoms with van der Waals surface area (Å²) >= 11 is 5.28. The minimum atomic E-state index is -0.106. The van der Waals surface area contributed by atoms with E-state index < -0.39 is 0 Å². The van der Waals surface area contributed by atoms with Gasteiger partial charge < -0.3 is 5.11 Å². The van der Waals surface area contributed by atoms with Crippen molar-refractivity contribution in [3.63, 3.8) is 0 Å². The second-order valence-electron chi connectivity index (χ2n) is 8.23. The van der Waals surface area contributed by atoms with Gasteiger partial charge in [0.15, 0.2) is 0 Å². The van der Waals surface area contributed by atoms with Crippen molar-refractivity contribution < 1.29 is 5.11 Å². The van der Waals surface area contributed by atoms with Crippen LogP contribution in [0.1, 0.15) is 52.4 Å². The van der Waals surface area contributed by atoms with E-state index in [4.69, 9.17) is 0 Å². The van der Waals surface area contributed by atoms with Crippen molar-refractivity contribution in [3.8, 4) is 0 Å². The molecule has 0 aromatic carbocycles. The van der Waals surface area contributed by atoms with Gasteiger partial charge in [0.2, 0.25) is 0 Å². The number of alkyl halides is 2. The van der Waals surface area contributed by atoms with Gasteiger partial charge >= 0.3 is 0 Å². The Labute approximate surface area is 162 Å². The third-order valence-electron chi connectivity index (χ3n) is 6.85. The molecule has 124 valence electrons. The van der Waals surface area contributed by atoms with Gasteiger partial charge in [0.1, 0.15) is 0 Å². The summed E-state index contributed by atoms with van der Waals surface area (Å²) in [6, 6.07) is 0. The average molecular weight is 526 g/mol. The van der Waals surface area contributed by atoms with Crippen LogP contribution in [-0.4, -0.2) is 13.1 Å². The molecule has 1 nitrogen and oxygen atoms in total. The molecule has 0 aromatic heterocycles. The van der Waals surface area contributed by atoms with E-state index in [1.807, 2.05) is 0 Å². The third kappa shape index (κ3) is 2.75. The highest BCUT2D eigenvalue weighted by Crippen LogP contribution is 2.64. The van der Waals surface area contributed by atoms with Gasteiger partial charge in [-0.1, -0.05) is 76.8 Å². The maximum atomic E-state index is 10.5. The van der Waals surface area contributed by atoms with Crippen LogP contribution in [0.2, 0.25) is 0 Å². The molecule has 22 heavy (non-hydrogen) atoms. The molecule has 0 bridgehead atoms. The summed E-state index contributed by atoms with van der Waals surface area (Å²) in [6.45, 7) is 8.81. The van der Waals surface area contributed by atoms with Crippen molar-refractivity contribution in [1.82, 2.24) is 0 Å². The van der Waals surface area contributed by atoms with Crippen molar-refractivity contribution in [2.75, 3.05) is 0 Å². The van der Waals surface area contributed by atoms with Gasteiger partial charge in [-0.15, -0.1) is 6.58 Å². The maximum absolute atomic E-state index is 10.5. The summed E-state index contributed by atoms with van der Waals surface area (Å²) in [7, 11) is 0. The fourth-order valence-corrected chi connectivity index (χ4v) is 7.94. The first kappa shape index (κ1) is 17.7. The van der Waals surface area contributed by atoms with Crippen LogP contribution >= 0.6 is 45.2 Å². The largest absolute Gasteiger partial charge is 0.393 e. The lowest BCUT2D eigenvalue weighted by molar-refractivity contribution is -0.0600. The highest BCUT2D eigenvalue weighted by molar-refractivity contribution is 14.2. The fraction of sp³-hybridized carbons (Fsp3) is 0.789. The van der Waals surface area contributed by atoms with Gasteiger partial charge in [-0.3, -0.25) is 0 Å². The van der Waals surface area contributed by atoms with Crippen LogP contribution in [0.3, 0.4) is 0 Å². The molecule has 3 aliphatic rings. The zero-order valence-corrected chi connectivity index (χ0v) is 18.0. The first-order valence-electron chi connectivity index (χ1n) is 8.61. The van der Waals surface area contributed by atoms with Gasteiger partial charge in [0.25, 0.3) is 0 Å². The van der Waals surface area contributed by atoms with E-state index >= 15 is 0 Å². The van der Waals surface area contributed by atoms with Crippen LogP contribution in [0.5, 0.6) is 0 Å². The Bertz CT molecular complexity index is 486. The summed E-state index contributed by atoms with van der Waals surface area (Å²) in [5, 5.41) is 10.5. The Morgan fingerprint density at radius 2 is 2.18 bits per heavy atom. The minimum Gasteiger partial charge on any atom is -0.393 e. The molecule has 3 rings (SSSR count).